The smallest absolute Gasteiger partial charge is 0.274 e. The van der Waals surface area contributed by atoms with Crippen molar-refractivity contribution in [2.75, 3.05) is 6.54 Å². The minimum atomic E-state index is -0.941. The number of nitrogens with one attached hydrogen (secondary N) is 1. The molecular weight excluding hydrogens is 328 g/mol. The maximum atomic E-state index is 12.4. The first-order chi connectivity index (χ1) is 12.0. The van der Waals surface area contributed by atoms with Crippen LogP contribution in [0.25, 0.3) is 0 Å². The quantitative estimate of drug-likeness (QED) is 0.360. The molecule has 25 heavy (non-hydrogen) atoms. The number of carbonyl (C=O) groups excluding carboxylic acids is 1. The van der Waals surface area contributed by atoms with Crippen LogP contribution in [0.15, 0.2) is 35.7 Å². The van der Waals surface area contributed by atoms with Gasteiger partial charge in [-0.2, -0.15) is 0 Å². The molecule has 1 amide bonds. The fourth-order valence-electron chi connectivity index (χ4n) is 2.51. The molecule has 0 aliphatic carbocycles. The minimum absolute atomic E-state index is 0.0428. The summed E-state index contributed by atoms with van der Waals surface area (Å²) >= 11 is 0. The molecule has 1 aliphatic rings. The first-order valence-electron chi connectivity index (χ1n) is 7.70. The normalized spacial score (nSPS) is 19.4. The number of benzene rings is 1. The Morgan fingerprint density at radius 2 is 2.20 bits per heavy atom. The third kappa shape index (κ3) is 3.41. The van der Waals surface area contributed by atoms with E-state index in [1.165, 1.54) is 24.5 Å². The standard InChI is InChI=1S/C16H18N4O5/c1-9-13(16(23)20(24)6-5-10-7-17-8-18-10)19-15(25-9)11-3-2-4-12(21)14(11)22/h2-4,7-9,13,21-22,24H,5-6H2,1H3,(H,17,18)/t9-,13-/m0/s1. The number of aromatic hydroxyl groups is 2. The summed E-state index contributed by atoms with van der Waals surface area (Å²) in [4.78, 5) is 23.3. The van der Waals surface area contributed by atoms with Crippen molar-refractivity contribution in [3.8, 4) is 11.5 Å². The summed E-state index contributed by atoms with van der Waals surface area (Å²) in [7, 11) is 0. The van der Waals surface area contributed by atoms with Crippen molar-refractivity contribution in [1.82, 2.24) is 15.0 Å². The highest BCUT2D eigenvalue weighted by molar-refractivity contribution is 6.01. The lowest BCUT2D eigenvalue weighted by Crippen LogP contribution is -2.41. The fraction of sp³-hybridized carbons (Fsp3) is 0.312. The Hall–Kier alpha value is -3.07. The van der Waals surface area contributed by atoms with Crippen molar-refractivity contribution in [2.24, 2.45) is 4.99 Å². The summed E-state index contributed by atoms with van der Waals surface area (Å²) in [6, 6.07) is 3.43. The number of para-hydroxylation sites is 1. The number of aromatic amines is 1. The number of nitrogens with zero attached hydrogens (tertiary/aromatic N) is 3. The van der Waals surface area contributed by atoms with E-state index in [-0.39, 0.29) is 29.5 Å². The lowest BCUT2D eigenvalue weighted by molar-refractivity contribution is -0.168. The molecule has 1 aromatic heterocycles. The Labute approximate surface area is 143 Å². The van der Waals surface area contributed by atoms with Gasteiger partial charge in [-0.1, -0.05) is 6.07 Å². The Kier molecular flexibility index (Phi) is 4.57. The van der Waals surface area contributed by atoms with Gasteiger partial charge >= 0.3 is 0 Å². The van der Waals surface area contributed by atoms with E-state index >= 15 is 0 Å². The van der Waals surface area contributed by atoms with Crippen molar-refractivity contribution < 1.29 is 25.0 Å². The molecule has 3 rings (SSSR count). The van der Waals surface area contributed by atoms with Gasteiger partial charge in [0, 0.05) is 18.3 Å². The zero-order valence-electron chi connectivity index (χ0n) is 13.5. The van der Waals surface area contributed by atoms with Crippen molar-refractivity contribution in [3.05, 3.63) is 42.0 Å². The Balaban J connectivity index is 1.71. The molecule has 0 bridgehead atoms. The number of amides is 1. The summed E-state index contributed by atoms with van der Waals surface area (Å²) in [5, 5.41) is 30.1. The highest BCUT2D eigenvalue weighted by Gasteiger charge is 2.37. The molecule has 1 aliphatic heterocycles. The van der Waals surface area contributed by atoms with Crippen LogP contribution in [0.1, 0.15) is 18.2 Å². The lowest BCUT2D eigenvalue weighted by atomic mass is 10.2. The van der Waals surface area contributed by atoms with E-state index < -0.39 is 18.1 Å². The number of hydroxylamine groups is 2. The molecule has 0 saturated heterocycles. The second kappa shape index (κ2) is 6.81. The van der Waals surface area contributed by atoms with Gasteiger partial charge in [-0.25, -0.2) is 15.0 Å². The van der Waals surface area contributed by atoms with E-state index in [1.54, 1.807) is 13.1 Å². The summed E-state index contributed by atoms with van der Waals surface area (Å²) in [6.07, 6.45) is 2.92. The van der Waals surface area contributed by atoms with Gasteiger partial charge in [0.2, 0.25) is 5.90 Å². The number of aliphatic imine (C=N–C) groups is 1. The van der Waals surface area contributed by atoms with Crippen molar-refractivity contribution in [1.29, 1.82) is 0 Å². The van der Waals surface area contributed by atoms with Gasteiger partial charge in [0.25, 0.3) is 5.91 Å². The number of phenolic OH excluding ortho intramolecular Hbond substituents is 2. The SMILES string of the molecule is C[C@@H]1OC(c2cccc(O)c2O)=N[C@@H]1C(=O)N(O)CCc1cnc[nH]1. The molecule has 9 nitrogen and oxygen atoms in total. The Morgan fingerprint density at radius 1 is 1.40 bits per heavy atom. The predicted octanol–water partition coefficient (Wildman–Crippen LogP) is 0.815. The van der Waals surface area contributed by atoms with Crippen LogP contribution in [0, 0.1) is 0 Å². The van der Waals surface area contributed by atoms with Crippen LogP contribution in [0.3, 0.4) is 0 Å². The number of aromatic nitrogens is 2. The molecule has 2 aromatic rings. The van der Waals surface area contributed by atoms with Gasteiger partial charge in [0.05, 0.1) is 18.4 Å². The first kappa shape index (κ1) is 16.8. The van der Waals surface area contributed by atoms with Crippen LogP contribution < -0.4 is 0 Å². The third-order valence-electron chi connectivity index (χ3n) is 3.90. The number of phenols is 2. The van der Waals surface area contributed by atoms with Gasteiger partial charge < -0.3 is 19.9 Å². The van der Waals surface area contributed by atoms with Gasteiger partial charge in [-0.3, -0.25) is 10.0 Å². The van der Waals surface area contributed by atoms with E-state index in [4.69, 9.17) is 4.74 Å². The average molecular weight is 346 g/mol. The number of carbonyl (C=O) groups is 1. The van der Waals surface area contributed by atoms with Crippen LogP contribution in [-0.2, 0) is 16.0 Å². The molecule has 0 spiro atoms. The predicted molar refractivity (Wildman–Crippen MR) is 86.4 cm³/mol. The molecule has 1 aromatic carbocycles. The fourth-order valence-corrected chi connectivity index (χ4v) is 2.51. The van der Waals surface area contributed by atoms with E-state index in [2.05, 4.69) is 15.0 Å². The van der Waals surface area contributed by atoms with Gasteiger partial charge in [0.15, 0.2) is 17.5 Å². The maximum Gasteiger partial charge on any atom is 0.274 e. The maximum absolute atomic E-state index is 12.4. The second-order valence-corrected chi connectivity index (χ2v) is 5.66. The number of ether oxygens (including phenoxy) is 1. The molecule has 0 radical (unpaired) electrons. The molecule has 2 heterocycles. The molecule has 9 heteroatoms. The third-order valence-corrected chi connectivity index (χ3v) is 3.90. The molecule has 0 unspecified atom stereocenters. The molecular formula is C16H18N4O5. The summed E-state index contributed by atoms with van der Waals surface area (Å²) in [6.45, 7) is 1.72. The summed E-state index contributed by atoms with van der Waals surface area (Å²) in [5.41, 5.74) is 0.973. The van der Waals surface area contributed by atoms with Crippen molar-refractivity contribution in [3.63, 3.8) is 0 Å². The van der Waals surface area contributed by atoms with E-state index in [0.29, 0.717) is 11.5 Å². The van der Waals surface area contributed by atoms with Crippen LogP contribution in [0.5, 0.6) is 11.5 Å². The largest absolute Gasteiger partial charge is 0.504 e. The second-order valence-electron chi connectivity index (χ2n) is 5.66. The number of rotatable bonds is 5. The minimum Gasteiger partial charge on any atom is -0.504 e. The Morgan fingerprint density at radius 3 is 2.92 bits per heavy atom. The zero-order chi connectivity index (χ0) is 18.0. The molecule has 0 fully saturated rings. The van der Waals surface area contributed by atoms with Crippen LogP contribution >= 0.6 is 0 Å². The molecule has 2 atom stereocenters. The van der Waals surface area contributed by atoms with Gasteiger partial charge in [0.1, 0.15) is 6.10 Å². The first-order valence-corrected chi connectivity index (χ1v) is 7.70. The van der Waals surface area contributed by atoms with Crippen LogP contribution in [0.4, 0.5) is 0 Å². The Bertz CT molecular complexity index is 790. The van der Waals surface area contributed by atoms with Crippen LogP contribution in [0.2, 0.25) is 0 Å². The summed E-state index contributed by atoms with van der Waals surface area (Å²) < 4.78 is 5.52. The topological polar surface area (TPSA) is 131 Å². The number of hydrogen-bond acceptors (Lipinski definition) is 7. The van der Waals surface area contributed by atoms with Crippen molar-refractivity contribution in [2.45, 2.75) is 25.5 Å². The van der Waals surface area contributed by atoms with E-state index in [0.717, 1.165) is 5.69 Å². The highest BCUT2D eigenvalue weighted by Crippen LogP contribution is 2.31. The van der Waals surface area contributed by atoms with Gasteiger partial charge in [-0.15, -0.1) is 0 Å². The number of hydrogen-bond donors (Lipinski definition) is 4. The number of H-pyrrole nitrogens is 1. The zero-order valence-corrected chi connectivity index (χ0v) is 13.5. The molecule has 0 saturated carbocycles. The van der Waals surface area contributed by atoms with E-state index in [1.807, 2.05) is 0 Å². The summed E-state index contributed by atoms with van der Waals surface area (Å²) in [5.74, 6) is -1.25. The van der Waals surface area contributed by atoms with Crippen molar-refractivity contribution >= 4 is 11.8 Å². The monoisotopic (exact) mass is 346 g/mol. The molecule has 132 valence electrons. The van der Waals surface area contributed by atoms with Crippen LogP contribution in [-0.4, -0.2) is 60.9 Å². The average Bonchev–Trinajstić information content (AvgIpc) is 3.24. The number of imidazole rings is 1. The highest BCUT2D eigenvalue weighted by atomic mass is 16.5. The molecule has 4 N–H and O–H groups in total. The lowest BCUT2D eigenvalue weighted by Gasteiger charge is -2.19. The van der Waals surface area contributed by atoms with E-state index in [9.17, 15) is 20.2 Å². The van der Waals surface area contributed by atoms with Gasteiger partial charge in [-0.05, 0) is 19.1 Å².